The first-order valence-electron chi connectivity index (χ1n) is 23.5. The van der Waals surface area contributed by atoms with Crippen molar-refractivity contribution >= 4 is 5.78 Å². The third-order valence-electron chi connectivity index (χ3n) is 22.7. The summed E-state index contributed by atoms with van der Waals surface area (Å²) in [6.07, 6.45) is 17.5. The fourth-order valence-corrected chi connectivity index (χ4v) is 20.1. The zero-order chi connectivity index (χ0) is 38.0. The van der Waals surface area contributed by atoms with Crippen LogP contribution < -0.4 is 0 Å². The highest BCUT2D eigenvalue weighted by atomic mass is 16.3. The smallest absolute Gasteiger partial charge is 0.135 e. The second kappa shape index (κ2) is 11.4. The molecule has 0 saturated heterocycles. The van der Waals surface area contributed by atoms with Gasteiger partial charge in [-0.15, -0.1) is 0 Å². The fraction of sp³-hybridized carbons (Fsp3) is 0.979. The second-order valence-electron chi connectivity index (χ2n) is 24.0. The molecule has 12 fully saturated rings. The quantitative estimate of drug-likeness (QED) is 0.211. The van der Waals surface area contributed by atoms with Crippen molar-refractivity contribution in [2.75, 3.05) is 0 Å². The number of carbonyl (C=O) groups excluding carboxylic acids is 1. The Morgan fingerprint density at radius 1 is 0.564 bits per heavy atom. The van der Waals surface area contributed by atoms with Gasteiger partial charge in [0.05, 0.1) is 28.5 Å². The van der Waals surface area contributed by atoms with E-state index >= 15 is 0 Å². The summed E-state index contributed by atoms with van der Waals surface area (Å²) in [5.74, 6) is 8.63. The van der Waals surface area contributed by atoms with Gasteiger partial charge in [-0.3, -0.25) is 4.79 Å². The van der Waals surface area contributed by atoms with Gasteiger partial charge in [0.15, 0.2) is 0 Å². The second-order valence-corrected chi connectivity index (χ2v) is 24.0. The first-order chi connectivity index (χ1) is 25.4. The predicted octanol–water partition coefficient (Wildman–Crippen LogP) is 6.88. The van der Waals surface area contributed by atoms with Crippen molar-refractivity contribution in [2.24, 2.45) is 105 Å². The van der Waals surface area contributed by atoms with Crippen LogP contribution in [-0.4, -0.2) is 65.3 Å². The molecule has 0 aromatic rings. The predicted molar refractivity (Wildman–Crippen MR) is 210 cm³/mol. The van der Waals surface area contributed by atoms with Crippen molar-refractivity contribution in [3.8, 4) is 0 Å². The summed E-state index contributed by atoms with van der Waals surface area (Å²) in [5.41, 5.74) is -2.26. The van der Waals surface area contributed by atoms with Gasteiger partial charge in [0.2, 0.25) is 0 Å². The molecule has 12 saturated carbocycles. The van der Waals surface area contributed by atoms with Crippen LogP contribution in [0.5, 0.6) is 0 Å². The van der Waals surface area contributed by atoms with Crippen molar-refractivity contribution in [1.29, 1.82) is 0 Å². The minimum atomic E-state index is -0.747. The van der Waals surface area contributed by atoms with Gasteiger partial charge < -0.3 is 31.0 Å². The molecule has 0 radical (unpaired) electrons. The van der Waals surface area contributed by atoms with E-state index in [9.17, 15) is 30.3 Å². The van der Waals surface area contributed by atoms with Gasteiger partial charge >= 0.3 is 0 Å². The number of ketones is 1. The van der Waals surface area contributed by atoms with Crippen molar-refractivity contribution < 1.29 is 35.8 Å². The molecule has 10 unspecified atom stereocenters. The molecule has 12 rings (SSSR count). The van der Waals surface area contributed by atoms with Gasteiger partial charge in [-0.2, -0.15) is 0 Å². The Balaban J connectivity index is 0.000000133. The number of fused-ring (bicyclic) bond motifs is 20. The van der Waals surface area contributed by atoms with Gasteiger partial charge in [0, 0.05) is 24.7 Å². The summed E-state index contributed by atoms with van der Waals surface area (Å²) in [5, 5.41) is 57.6. The number of aliphatic hydroxyl groups is 5. The normalized spacial score (nSPS) is 65.7. The van der Waals surface area contributed by atoms with E-state index in [0.29, 0.717) is 90.3 Å². The number of hydrogen-bond donors (Lipinski definition) is 5. The van der Waals surface area contributed by atoms with Gasteiger partial charge in [0.1, 0.15) is 5.78 Å². The Bertz CT molecular complexity index is 1630. The highest BCUT2D eigenvalue weighted by molar-refractivity contribution is 5.81. The van der Waals surface area contributed by atoms with Crippen molar-refractivity contribution in [3.05, 3.63) is 0 Å². The summed E-state index contributed by atoms with van der Waals surface area (Å²) in [6.45, 7) is 14.0. The van der Waals surface area contributed by atoms with Crippen LogP contribution >= 0.6 is 0 Å². The van der Waals surface area contributed by atoms with Crippen LogP contribution in [0, 0.1) is 105 Å². The molecule has 7 heteroatoms. The molecule has 0 spiro atoms. The first kappa shape index (κ1) is 38.6. The number of Topliss-reactive ketones (excluding diaryl/α,β-unsaturated/α-hetero) is 1. The Morgan fingerprint density at radius 2 is 1.00 bits per heavy atom. The Kier molecular flexibility index (Phi) is 8.02. The number of hydrogen-bond acceptors (Lipinski definition) is 6. The van der Waals surface area contributed by atoms with E-state index in [-0.39, 0.29) is 39.0 Å². The molecule has 310 valence electrons. The average Bonchev–Trinajstić information content (AvgIpc) is 3.93. The maximum absolute atomic E-state index is 12.2. The molecule has 0 aromatic carbocycles. The maximum atomic E-state index is 12.2. The van der Waals surface area contributed by atoms with Crippen molar-refractivity contribution in [1.82, 2.24) is 0 Å². The van der Waals surface area contributed by atoms with Crippen LogP contribution in [0.25, 0.3) is 0 Å². The summed E-state index contributed by atoms with van der Waals surface area (Å²) in [6, 6.07) is 0. The van der Waals surface area contributed by atoms with E-state index in [2.05, 4.69) is 41.5 Å². The lowest BCUT2D eigenvalue weighted by Crippen LogP contribution is -2.65. The van der Waals surface area contributed by atoms with Crippen LogP contribution in [0.15, 0.2) is 0 Å². The molecular weight excluding hydrogens is 689 g/mol. The van der Waals surface area contributed by atoms with Crippen LogP contribution in [0.1, 0.15) is 157 Å². The highest BCUT2D eigenvalue weighted by Gasteiger charge is 2.83. The lowest BCUT2D eigenvalue weighted by molar-refractivity contribution is -0.237. The minimum absolute atomic E-state index is 0. The molecule has 12 aliphatic carbocycles. The summed E-state index contributed by atoms with van der Waals surface area (Å²) >= 11 is 0. The molecule has 7 nitrogen and oxygen atoms in total. The van der Waals surface area contributed by atoms with E-state index in [0.717, 1.165) is 88.9 Å². The molecule has 12 aliphatic rings. The van der Waals surface area contributed by atoms with Crippen LogP contribution in [-0.2, 0) is 4.79 Å². The number of rotatable bonds is 4. The summed E-state index contributed by atoms with van der Waals surface area (Å²) in [7, 11) is 0. The van der Waals surface area contributed by atoms with Gasteiger partial charge in [0.25, 0.3) is 0 Å². The van der Waals surface area contributed by atoms with E-state index in [1.807, 2.05) is 0 Å². The fourth-order valence-electron chi connectivity index (χ4n) is 20.1. The van der Waals surface area contributed by atoms with Crippen molar-refractivity contribution in [3.63, 3.8) is 0 Å². The van der Waals surface area contributed by atoms with Crippen LogP contribution in [0.3, 0.4) is 0 Å². The number of aliphatic hydroxyl groups excluding tert-OH is 1. The third-order valence-corrected chi connectivity index (χ3v) is 22.7. The SMILES string of the molecule is CCC[C@]1(O)C2C[C@H]2C2C3C4C[C@H]4[C@]4(O)CC(=O)CC[C@]4(C)C3CC[C@@]21C.CCC[C@]1(O)C2C[C@H]2C2C3C4C[C@H]4[C@]4(O)C[C@@H](O)CC[C@]4(C)C3CC[C@@]21C.O. The van der Waals surface area contributed by atoms with E-state index in [1.165, 1.54) is 19.3 Å². The van der Waals surface area contributed by atoms with Gasteiger partial charge in [-0.25, -0.2) is 0 Å². The Morgan fingerprint density at radius 3 is 1.49 bits per heavy atom. The van der Waals surface area contributed by atoms with Crippen LogP contribution in [0.2, 0.25) is 0 Å². The summed E-state index contributed by atoms with van der Waals surface area (Å²) in [4.78, 5) is 12.2. The standard InChI is InChI=1S/C24H38O3.C24H36O3.H2O/c2*1-4-7-23(26)18-11-15(18)20-19-14-10-17(14)24(27)12-13(25)5-8-21(24,2)16(19)6-9-22(20,23)3;/h13-20,25-27H,4-12H2,1-3H3;14-20,26-27H,4-12H2,1-3H3;1H2/t13-,14?,15+,16?,17+,18?,19?,20?,21+,22-,23-,24+;14?,15-,16?,17-,18?,19?,20?,21-,22+,23+,24-;/m01./s1. The summed E-state index contributed by atoms with van der Waals surface area (Å²) < 4.78 is 0. The molecule has 0 heterocycles. The van der Waals surface area contributed by atoms with Crippen molar-refractivity contribution in [2.45, 2.75) is 186 Å². The lowest BCUT2D eigenvalue weighted by Gasteiger charge is -2.64. The third kappa shape index (κ3) is 4.29. The topological polar surface area (TPSA) is 150 Å². The molecule has 0 bridgehead atoms. The Hall–Kier alpha value is -0.570. The van der Waals surface area contributed by atoms with Crippen LogP contribution in [0.4, 0.5) is 0 Å². The van der Waals surface area contributed by atoms with E-state index < -0.39 is 22.4 Å². The van der Waals surface area contributed by atoms with E-state index in [1.54, 1.807) is 0 Å². The molecule has 7 N–H and O–H groups in total. The minimum Gasteiger partial charge on any atom is -0.412 e. The number of carbonyl (C=O) groups is 1. The van der Waals surface area contributed by atoms with Gasteiger partial charge in [-0.05, 0) is 183 Å². The molecule has 0 aromatic heterocycles. The zero-order valence-electron chi connectivity index (χ0n) is 35.0. The zero-order valence-corrected chi connectivity index (χ0v) is 35.0. The average molecular weight is 765 g/mol. The first-order valence-corrected chi connectivity index (χ1v) is 23.5. The Labute approximate surface area is 330 Å². The van der Waals surface area contributed by atoms with Gasteiger partial charge in [-0.1, -0.05) is 54.4 Å². The largest absolute Gasteiger partial charge is 0.412 e. The molecule has 0 amide bonds. The van der Waals surface area contributed by atoms with E-state index in [4.69, 9.17) is 0 Å². The maximum Gasteiger partial charge on any atom is 0.135 e. The molecule has 23 atom stereocenters. The highest BCUT2D eigenvalue weighted by Crippen LogP contribution is 2.84. The lowest BCUT2D eigenvalue weighted by atomic mass is 9.42. The molecule has 0 aliphatic heterocycles. The molecule has 55 heavy (non-hydrogen) atoms. The monoisotopic (exact) mass is 765 g/mol. The molecular formula is C48H76O7.